The van der Waals surface area contributed by atoms with Gasteiger partial charge in [0.15, 0.2) is 0 Å². The second-order valence-corrected chi connectivity index (χ2v) is 18.1. The van der Waals surface area contributed by atoms with E-state index in [1.54, 1.807) is 0 Å². The number of hydrogen-bond donors (Lipinski definition) is 1. The summed E-state index contributed by atoms with van der Waals surface area (Å²) in [6, 6.07) is 9.91. The molecular weight excluding hydrogens is 304 g/mol. The average molecular weight is 333 g/mol. The Morgan fingerprint density at radius 1 is 0.864 bits per heavy atom. The van der Waals surface area contributed by atoms with E-state index in [1.807, 2.05) is 30.3 Å². The van der Waals surface area contributed by atoms with E-state index in [9.17, 15) is 5.11 Å². The van der Waals surface area contributed by atoms with Gasteiger partial charge < -0.3 is 9.84 Å². The van der Waals surface area contributed by atoms with Crippen molar-refractivity contribution in [3.8, 4) is 0 Å². The fourth-order valence-corrected chi connectivity index (χ4v) is 4.76. The molecule has 120 valence electrons. The lowest BCUT2D eigenvalue weighted by molar-refractivity contribution is 0.144. The summed E-state index contributed by atoms with van der Waals surface area (Å²) in [7, 11) is -3.11. The Bertz CT molecular complexity index is 547. The second kappa shape index (κ2) is 6.18. The Hall–Kier alpha value is -1.11. The van der Waals surface area contributed by atoms with Crippen LogP contribution in [0, 0.1) is 5.92 Å². The number of aliphatic hydroxyl groups is 1. The molecule has 0 saturated heterocycles. The number of hydrogen-bond acceptors (Lipinski definition) is 2. The van der Waals surface area contributed by atoms with Gasteiger partial charge in [-0.3, -0.25) is 0 Å². The van der Waals surface area contributed by atoms with Gasteiger partial charge >= 0.3 is 0 Å². The lowest BCUT2D eigenvalue weighted by atomic mass is 9.95. The van der Waals surface area contributed by atoms with Crippen molar-refractivity contribution in [3.63, 3.8) is 0 Å². The quantitative estimate of drug-likeness (QED) is 0.796. The first-order valence-electron chi connectivity index (χ1n) is 7.94. The van der Waals surface area contributed by atoms with Crippen LogP contribution in [0.3, 0.4) is 0 Å². The summed E-state index contributed by atoms with van der Waals surface area (Å²) >= 11 is 0. The smallest absolute Gasteiger partial charge is 0.122 e. The van der Waals surface area contributed by atoms with Crippen molar-refractivity contribution in [1.29, 1.82) is 0 Å². The molecule has 1 aromatic carbocycles. The fraction of sp³-hybridized carbons (Fsp3) is 0.444. The summed E-state index contributed by atoms with van der Waals surface area (Å²) in [6.07, 6.45) is 3.78. The molecule has 4 heteroatoms. The first-order valence-corrected chi connectivity index (χ1v) is 14.9. The maximum atomic E-state index is 10.8. The summed E-state index contributed by atoms with van der Waals surface area (Å²) in [5, 5.41) is 13.0. The molecule has 22 heavy (non-hydrogen) atoms. The molecule has 1 atom stereocenters. The van der Waals surface area contributed by atoms with E-state index in [1.165, 1.54) is 0 Å². The average Bonchev–Trinajstić information content (AvgIpc) is 2.45. The van der Waals surface area contributed by atoms with Gasteiger partial charge in [0.1, 0.15) is 16.1 Å². The van der Waals surface area contributed by atoms with Crippen LogP contribution in [0.1, 0.15) is 11.7 Å². The van der Waals surface area contributed by atoms with E-state index in [4.69, 9.17) is 4.74 Å². The predicted octanol–water partition coefficient (Wildman–Crippen LogP) is 4.89. The lowest BCUT2D eigenvalue weighted by Gasteiger charge is -2.34. The first kappa shape index (κ1) is 17.3. The van der Waals surface area contributed by atoms with Gasteiger partial charge in [-0.15, -0.1) is 0 Å². The molecule has 0 bridgehead atoms. The molecule has 2 nitrogen and oxygen atoms in total. The van der Waals surface area contributed by atoms with Crippen LogP contribution in [0.25, 0.3) is 0 Å². The Balaban J connectivity index is 2.40. The van der Waals surface area contributed by atoms with E-state index in [-0.39, 0.29) is 5.92 Å². The molecule has 0 aliphatic carbocycles. The summed E-state index contributed by atoms with van der Waals surface area (Å²) in [5.41, 5.74) is 0.965. The van der Waals surface area contributed by atoms with Gasteiger partial charge in [0, 0.05) is 5.92 Å². The second-order valence-electron chi connectivity index (χ2n) is 8.10. The predicted molar refractivity (Wildman–Crippen MR) is 98.8 cm³/mol. The van der Waals surface area contributed by atoms with Crippen LogP contribution >= 0.6 is 0 Å². The van der Waals surface area contributed by atoms with Crippen LogP contribution in [-0.4, -0.2) is 21.3 Å². The van der Waals surface area contributed by atoms with Crippen LogP contribution in [0.4, 0.5) is 0 Å². The van der Waals surface area contributed by atoms with Gasteiger partial charge in [-0.25, -0.2) is 0 Å². The molecule has 1 aromatic rings. The lowest BCUT2D eigenvalue weighted by Crippen LogP contribution is -2.35. The third kappa shape index (κ3) is 4.00. The van der Waals surface area contributed by atoms with Crippen molar-refractivity contribution in [1.82, 2.24) is 0 Å². The minimum absolute atomic E-state index is 0.000370. The van der Waals surface area contributed by atoms with Gasteiger partial charge in [0.25, 0.3) is 0 Å². The normalized spacial score (nSPS) is 18.3. The van der Waals surface area contributed by atoms with Gasteiger partial charge in [-0.2, -0.15) is 0 Å². The van der Waals surface area contributed by atoms with Crippen LogP contribution in [0.5, 0.6) is 0 Å². The molecule has 1 aliphatic heterocycles. The SMILES string of the molecule is C[Si](C)(C)C1=CC(C(O)c2ccccc2)C=C([Si](C)(C)C)O1. The Kier molecular flexibility index (Phi) is 4.85. The highest BCUT2D eigenvalue weighted by atomic mass is 28.3. The molecule has 1 N–H and O–H groups in total. The molecule has 0 spiro atoms. The molecule has 1 aliphatic rings. The van der Waals surface area contributed by atoms with E-state index in [0.29, 0.717) is 0 Å². The molecule has 0 amide bonds. The summed E-state index contributed by atoms with van der Waals surface area (Å²) in [5.74, 6) is -0.000370. The third-order valence-corrected chi connectivity index (χ3v) is 7.39. The Morgan fingerprint density at radius 2 is 1.32 bits per heavy atom. The molecule has 0 aromatic heterocycles. The van der Waals surface area contributed by atoms with Crippen LogP contribution in [0.15, 0.2) is 53.2 Å². The number of rotatable bonds is 4. The van der Waals surface area contributed by atoms with E-state index in [0.717, 1.165) is 16.3 Å². The minimum atomic E-state index is -1.56. The van der Waals surface area contributed by atoms with Crippen molar-refractivity contribution in [2.45, 2.75) is 45.4 Å². The maximum absolute atomic E-state index is 10.8. The topological polar surface area (TPSA) is 29.5 Å². The maximum Gasteiger partial charge on any atom is 0.122 e. The third-order valence-electron chi connectivity index (χ3n) is 3.89. The highest BCUT2D eigenvalue weighted by molar-refractivity contribution is 6.84. The molecule has 2 rings (SSSR count). The standard InChI is InChI=1S/C18H28O2Si2/c1-21(2,3)16-12-15(13-17(20-16)22(4,5)6)18(19)14-10-8-7-9-11-14/h7-13,15,18-19H,1-6H3. The van der Waals surface area contributed by atoms with Crippen molar-refractivity contribution < 1.29 is 9.84 Å². The van der Waals surface area contributed by atoms with Crippen molar-refractivity contribution >= 4 is 16.1 Å². The van der Waals surface area contributed by atoms with E-state index in [2.05, 4.69) is 51.4 Å². The zero-order valence-electron chi connectivity index (χ0n) is 14.6. The Morgan fingerprint density at radius 3 is 1.73 bits per heavy atom. The molecule has 1 unspecified atom stereocenters. The molecule has 0 fully saturated rings. The zero-order valence-corrected chi connectivity index (χ0v) is 16.6. The summed E-state index contributed by atoms with van der Waals surface area (Å²) in [6.45, 7) is 13.7. The Labute approximate surface area is 136 Å². The highest BCUT2D eigenvalue weighted by Gasteiger charge is 2.34. The molecular formula is C18H28O2Si2. The van der Waals surface area contributed by atoms with Gasteiger partial charge in [-0.1, -0.05) is 69.6 Å². The van der Waals surface area contributed by atoms with Gasteiger partial charge in [0.05, 0.1) is 16.9 Å². The minimum Gasteiger partial charge on any atom is -0.477 e. The molecule has 1 heterocycles. The summed E-state index contributed by atoms with van der Waals surface area (Å²) < 4.78 is 6.27. The summed E-state index contributed by atoms with van der Waals surface area (Å²) in [4.78, 5) is 0. The van der Waals surface area contributed by atoms with Crippen LogP contribution in [-0.2, 0) is 4.74 Å². The van der Waals surface area contributed by atoms with Gasteiger partial charge in [-0.05, 0) is 17.7 Å². The zero-order chi connectivity index (χ0) is 16.5. The number of aliphatic hydroxyl groups excluding tert-OH is 1. The largest absolute Gasteiger partial charge is 0.477 e. The molecule has 0 radical (unpaired) electrons. The van der Waals surface area contributed by atoms with Crippen molar-refractivity contribution in [2.24, 2.45) is 5.92 Å². The first-order chi connectivity index (χ1) is 10.1. The van der Waals surface area contributed by atoms with Crippen molar-refractivity contribution in [3.05, 3.63) is 58.8 Å². The van der Waals surface area contributed by atoms with Crippen LogP contribution in [0.2, 0.25) is 39.3 Å². The highest BCUT2D eigenvalue weighted by Crippen LogP contribution is 2.36. The van der Waals surface area contributed by atoms with Crippen LogP contribution < -0.4 is 0 Å². The van der Waals surface area contributed by atoms with E-state index >= 15 is 0 Å². The monoisotopic (exact) mass is 332 g/mol. The van der Waals surface area contributed by atoms with E-state index < -0.39 is 22.3 Å². The molecule has 0 saturated carbocycles. The fourth-order valence-electron chi connectivity index (χ4n) is 2.45. The number of ether oxygens (including phenoxy) is 1. The van der Waals surface area contributed by atoms with Gasteiger partial charge in [0.2, 0.25) is 0 Å². The number of benzene rings is 1. The van der Waals surface area contributed by atoms with Crippen molar-refractivity contribution in [2.75, 3.05) is 0 Å².